The van der Waals surface area contributed by atoms with Gasteiger partial charge in [0.15, 0.2) is 9.84 Å². The van der Waals surface area contributed by atoms with E-state index < -0.39 is 27.4 Å². The molecule has 5 rings (SSSR count). The van der Waals surface area contributed by atoms with E-state index in [-0.39, 0.29) is 28.4 Å². The van der Waals surface area contributed by atoms with Crippen LogP contribution in [0.5, 0.6) is 5.19 Å². The van der Waals surface area contributed by atoms with Gasteiger partial charge in [0, 0.05) is 37.3 Å². The summed E-state index contributed by atoms with van der Waals surface area (Å²) < 4.78 is 83.6. The third kappa shape index (κ3) is 5.43. The molecule has 4 aromatic rings. The molecule has 15 heteroatoms. The third-order valence-electron chi connectivity index (χ3n) is 6.41. The fourth-order valence-corrected chi connectivity index (χ4v) is 5.70. The van der Waals surface area contributed by atoms with E-state index in [1.54, 1.807) is 6.20 Å². The summed E-state index contributed by atoms with van der Waals surface area (Å²) in [5.41, 5.74) is -0.400. The lowest BCUT2D eigenvalue weighted by atomic mass is 9.92. The summed E-state index contributed by atoms with van der Waals surface area (Å²) >= 11 is 1.20. The van der Waals surface area contributed by atoms with Gasteiger partial charge >= 0.3 is 6.18 Å². The Morgan fingerprint density at radius 3 is 2.42 bits per heavy atom. The molecule has 1 unspecified atom stereocenters. The van der Waals surface area contributed by atoms with Gasteiger partial charge in [-0.15, -0.1) is 5.10 Å². The summed E-state index contributed by atoms with van der Waals surface area (Å²) in [5, 5.41) is 4.78. The summed E-state index contributed by atoms with van der Waals surface area (Å²) in [6, 6.07) is 3.68. The molecule has 1 aliphatic rings. The lowest BCUT2D eigenvalue weighted by molar-refractivity contribution is -0.138. The van der Waals surface area contributed by atoms with Crippen LogP contribution in [0.1, 0.15) is 25.3 Å². The maximum absolute atomic E-state index is 14.5. The number of benzene rings is 1. The van der Waals surface area contributed by atoms with Crippen LogP contribution in [0.15, 0.2) is 41.7 Å². The Bertz CT molecular complexity index is 1530. The molecule has 0 N–H and O–H groups in total. The average Bonchev–Trinajstić information content (AvgIpc) is 3.41. The van der Waals surface area contributed by atoms with Crippen molar-refractivity contribution in [2.24, 2.45) is 5.92 Å². The molecule has 38 heavy (non-hydrogen) atoms. The zero-order valence-corrected chi connectivity index (χ0v) is 21.8. The first-order valence-electron chi connectivity index (χ1n) is 11.6. The Morgan fingerprint density at radius 1 is 1.16 bits per heavy atom. The Balaban J connectivity index is 1.20. The smallest absolute Gasteiger partial charge is 0.419 e. The SMILES string of the molecule is CC(Oc1nn2cc(-c3ccc(S(C)(=O)=O)cc3F)nc2s1)C1CCN(c2ncc(C(F)(F)F)cn2)CC1. The zero-order chi connectivity index (χ0) is 27.2. The monoisotopic (exact) mass is 570 g/mol. The predicted molar refractivity (Wildman–Crippen MR) is 131 cm³/mol. The van der Waals surface area contributed by atoms with E-state index in [1.165, 1.54) is 28.0 Å². The predicted octanol–water partition coefficient (Wildman–Crippen LogP) is 4.49. The van der Waals surface area contributed by atoms with Crippen molar-refractivity contribution >= 4 is 32.1 Å². The molecule has 0 spiro atoms. The van der Waals surface area contributed by atoms with E-state index in [9.17, 15) is 26.0 Å². The molecule has 202 valence electrons. The molecule has 9 nitrogen and oxygen atoms in total. The number of rotatable bonds is 6. The van der Waals surface area contributed by atoms with Gasteiger partial charge in [0.2, 0.25) is 10.9 Å². The number of halogens is 4. The molecule has 0 aliphatic carbocycles. The number of alkyl halides is 3. The van der Waals surface area contributed by atoms with Crippen molar-refractivity contribution in [3.8, 4) is 16.5 Å². The van der Waals surface area contributed by atoms with E-state index in [2.05, 4.69) is 20.1 Å². The van der Waals surface area contributed by atoms with Crippen LogP contribution >= 0.6 is 11.3 Å². The van der Waals surface area contributed by atoms with Crippen LogP contribution < -0.4 is 9.64 Å². The highest BCUT2D eigenvalue weighted by Gasteiger charge is 2.32. The van der Waals surface area contributed by atoms with Gasteiger partial charge in [-0.3, -0.25) is 0 Å². The molecule has 1 aliphatic heterocycles. The van der Waals surface area contributed by atoms with Crippen LogP contribution in [-0.4, -0.2) is 58.4 Å². The number of fused-ring (bicyclic) bond motifs is 1. The number of aromatic nitrogens is 5. The first kappa shape index (κ1) is 26.3. The van der Waals surface area contributed by atoms with Crippen molar-refractivity contribution in [1.82, 2.24) is 24.6 Å². The number of nitrogens with zero attached hydrogens (tertiary/aromatic N) is 6. The largest absolute Gasteiger partial charge is 0.466 e. The summed E-state index contributed by atoms with van der Waals surface area (Å²) in [4.78, 5) is 14.4. The van der Waals surface area contributed by atoms with Crippen LogP contribution in [0, 0.1) is 11.7 Å². The van der Waals surface area contributed by atoms with E-state index in [0.29, 0.717) is 28.9 Å². The van der Waals surface area contributed by atoms with Crippen molar-refractivity contribution in [2.75, 3.05) is 24.2 Å². The number of hydrogen-bond donors (Lipinski definition) is 0. The number of anilines is 1. The first-order chi connectivity index (χ1) is 17.9. The first-order valence-corrected chi connectivity index (χ1v) is 14.3. The van der Waals surface area contributed by atoms with Crippen molar-refractivity contribution in [3.05, 3.63) is 48.2 Å². The Morgan fingerprint density at radius 2 is 1.84 bits per heavy atom. The minimum absolute atomic E-state index is 0.111. The Labute approximate surface area is 219 Å². The van der Waals surface area contributed by atoms with Gasteiger partial charge in [-0.05, 0) is 55.2 Å². The van der Waals surface area contributed by atoms with E-state index in [4.69, 9.17) is 4.74 Å². The van der Waals surface area contributed by atoms with Gasteiger partial charge in [0.05, 0.1) is 22.3 Å². The van der Waals surface area contributed by atoms with Gasteiger partial charge < -0.3 is 9.64 Å². The van der Waals surface area contributed by atoms with Gasteiger partial charge in [-0.2, -0.15) is 13.2 Å². The number of piperidine rings is 1. The summed E-state index contributed by atoms with van der Waals surface area (Å²) in [5.74, 6) is -0.240. The fraction of sp³-hybridized carbons (Fsp3) is 0.391. The van der Waals surface area contributed by atoms with Gasteiger partial charge in [-0.1, -0.05) is 0 Å². The molecular formula is C23H22F4N6O3S2. The maximum atomic E-state index is 14.5. The highest BCUT2D eigenvalue weighted by molar-refractivity contribution is 7.90. The standard InChI is InChI=1S/C23H22F4N6O3S2/c1-13(14-5-7-32(8-6-14)20-28-10-15(11-29-20)23(25,26)27)36-22-31-33-12-19(30-21(33)37-22)17-4-3-16(9-18(17)24)38(2,34)35/h3-4,9-14H,5-8H2,1-2H3. The Kier molecular flexibility index (Phi) is 6.75. The van der Waals surface area contributed by atoms with Crippen molar-refractivity contribution in [2.45, 2.75) is 36.9 Å². The van der Waals surface area contributed by atoms with Crippen LogP contribution in [0.4, 0.5) is 23.5 Å². The molecule has 3 aromatic heterocycles. The lowest BCUT2D eigenvalue weighted by Gasteiger charge is -2.34. The van der Waals surface area contributed by atoms with Gasteiger partial charge in [0.1, 0.15) is 11.9 Å². The van der Waals surface area contributed by atoms with E-state index in [0.717, 1.165) is 37.6 Å². The van der Waals surface area contributed by atoms with Crippen molar-refractivity contribution in [3.63, 3.8) is 0 Å². The van der Waals surface area contributed by atoms with Gasteiger partial charge in [0.25, 0.3) is 5.19 Å². The average molecular weight is 571 g/mol. The van der Waals surface area contributed by atoms with E-state index >= 15 is 0 Å². The second kappa shape index (κ2) is 9.76. The minimum Gasteiger partial charge on any atom is -0.466 e. The second-order valence-corrected chi connectivity index (χ2v) is 12.0. The highest BCUT2D eigenvalue weighted by atomic mass is 32.2. The highest BCUT2D eigenvalue weighted by Crippen LogP contribution is 2.32. The second-order valence-electron chi connectivity index (χ2n) is 9.05. The molecule has 4 heterocycles. The third-order valence-corrected chi connectivity index (χ3v) is 8.33. The van der Waals surface area contributed by atoms with Crippen LogP contribution in [0.3, 0.4) is 0 Å². The van der Waals surface area contributed by atoms with Gasteiger partial charge in [-0.25, -0.2) is 32.3 Å². The van der Waals surface area contributed by atoms with Crippen molar-refractivity contribution in [1.29, 1.82) is 0 Å². The summed E-state index contributed by atoms with van der Waals surface area (Å²) in [6.45, 7) is 3.10. The molecule has 1 atom stereocenters. The summed E-state index contributed by atoms with van der Waals surface area (Å²) in [6.07, 6.45) is 0.970. The Hall–Kier alpha value is -3.33. The maximum Gasteiger partial charge on any atom is 0.419 e. The fourth-order valence-electron chi connectivity index (χ4n) is 4.25. The summed E-state index contributed by atoms with van der Waals surface area (Å²) in [7, 11) is -3.53. The number of imidazole rings is 1. The number of ether oxygens (including phenoxy) is 1. The molecule has 1 aromatic carbocycles. The van der Waals surface area contributed by atoms with E-state index in [1.807, 2.05) is 11.8 Å². The quantitative estimate of drug-likeness (QED) is 0.313. The lowest BCUT2D eigenvalue weighted by Crippen LogP contribution is -2.39. The molecule has 1 saturated heterocycles. The van der Waals surface area contributed by atoms with Crippen LogP contribution in [0.2, 0.25) is 0 Å². The topological polar surface area (TPSA) is 103 Å². The van der Waals surface area contributed by atoms with Crippen LogP contribution in [-0.2, 0) is 16.0 Å². The van der Waals surface area contributed by atoms with Crippen molar-refractivity contribution < 1.29 is 30.7 Å². The molecule has 1 fully saturated rings. The molecular weight excluding hydrogens is 548 g/mol. The normalized spacial score (nSPS) is 16.2. The number of hydrogen-bond acceptors (Lipinski definition) is 9. The number of sulfone groups is 1. The minimum atomic E-state index is -4.47. The molecule has 0 bridgehead atoms. The molecule has 0 radical (unpaired) electrons. The molecule has 0 amide bonds. The van der Waals surface area contributed by atoms with Crippen LogP contribution in [0.25, 0.3) is 16.2 Å². The zero-order valence-electron chi connectivity index (χ0n) is 20.2. The molecule has 0 saturated carbocycles.